The van der Waals surface area contributed by atoms with Gasteiger partial charge in [-0.2, -0.15) is 0 Å². The highest BCUT2D eigenvalue weighted by atomic mass is 35.5. The lowest BCUT2D eigenvalue weighted by Crippen LogP contribution is -2.52. The summed E-state index contributed by atoms with van der Waals surface area (Å²) in [6.07, 6.45) is 4.57. The van der Waals surface area contributed by atoms with E-state index < -0.39 is 6.04 Å². The molecule has 1 fully saturated rings. The first-order chi connectivity index (χ1) is 17.9. The smallest absolute Gasteiger partial charge is 0.243 e. The van der Waals surface area contributed by atoms with Gasteiger partial charge in [0.15, 0.2) is 0 Å². The Morgan fingerprint density at radius 2 is 1.59 bits per heavy atom. The molecule has 4 nitrogen and oxygen atoms in total. The number of carbonyl (C=O) groups is 2. The van der Waals surface area contributed by atoms with Crippen molar-refractivity contribution in [2.24, 2.45) is 0 Å². The summed E-state index contributed by atoms with van der Waals surface area (Å²) in [5.74, 6) is -0.0654. The minimum atomic E-state index is -0.693. The van der Waals surface area contributed by atoms with Crippen LogP contribution in [-0.4, -0.2) is 34.6 Å². The van der Waals surface area contributed by atoms with Crippen LogP contribution < -0.4 is 5.32 Å². The summed E-state index contributed by atoms with van der Waals surface area (Å²) in [4.78, 5) is 30.2. The van der Waals surface area contributed by atoms with E-state index in [4.69, 9.17) is 23.2 Å². The normalized spacial score (nSPS) is 14.4. The first-order valence-corrected chi connectivity index (χ1v) is 14.4. The third kappa shape index (κ3) is 7.76. The molecule has 3 aromatic rings. The number of thioether (sulfide) groups is 1. The van der Waals surface area contributed by atoms with E-state index in [1.165, 1.54) is 11.8 Å². The van der Waals surface area contributed by atoms with Crippen molar-refractivity contribution in [1.29, 1.82) is 0 Å². The Balaban J connectivity index is 1.64. The summed E-state index contributed by atoms with van der Waals surface area (Å²) in [5, 5.41) is 4.18. The standard InChI is InChI=1S/C30H32Cl2N2O2S/c1-21-14-16-24(17-15-21)37-20-29(35)34(19-25-26(31)12-7-13-27(25)32)28(18-22-8-3-2-4-9-22)30(36)33-23-10-5-6-11-23/h2-4,7-9,12-17,23,28H,5-6,10-11,18-20H2,1H3,(H,33,36)/t28-/m1/s1. The van der Waals surface area contributed by atoms with Crippen LogP contribution in [0.5, 0.6) is 0 Å². The first kappa shape index (κ1) is 27.6. The SMILES string of the molecule is Cc1ccc(SCC(=O)N(Cc2c(Cl)cccc2Cl)[C@H](Cc2ccccc2)C(=O)NC2CCCC2)cc1. The summed E-state index contributed by atoms with van der Waals surface area (Å²) in [5.41, 5.74) is 2.80. The van der Waals surface area contributed by atoms with E-state index in [0.29, 0.717) is 22.0 Å². The van der Waals surface area contributed by atoms with E-state index in [2.05, 4.69) is 5.32 Å². The molecule has 37 heavy (non-hydrogen) atoms. The molecule has 0 saturated heterocycles. The number of hydrogen-bond donors (Lipinski definition) is 1. The molecule has 0 unspecified atom stereocenters. The fraction of sp³-hybridized carbons (Fsp3) is 0.333. The van der Waals surface area contributed by atoms with Crippen molar-refractivity contribution in [3.8, 4) is 0 Å². The molecular formula is C30H32Cl2N2O2S. The van der Waals surface area contributed by atoms with Gasteiger partial charge in [0.25, 0.3) is 0 Å². The Kier molecular flexibility index (Phi) is 9.95. The van der Waals surface area contributed by atoms with E-state index in [1.807, 2.05) is 61.5 Å². The van der Waals surface area contributed by atoms with Gasteiger partial charge in [-0.05, 0) is 49.6 Å². The van der Waals surface area contributed by atoms with Gasteiger partial charge >= 0.3 is 0 Å². The predicted octanol–water partition coefficient (Wildman–Crippen LogP) is 7.09. The third-order valence-electron chi connectivity index (χ3n) is 6.75. The molecule has 0 spiro atoms. The summed E-state index contributed by atoms with van der Waals surface area (Å²) < 4.78 is 0. The number of benzene rings is 3. The van der Waals surface area contributed by atoms with Gasteiger partial charge < -0.3 is 10.2 Å². The Morgan fingerprint density at radius 1 is 0.946 bits per heavy atom. The van der Waals surface area contributed by atoms with Crippen LogP contribution in [0.2, 0.25) is 10.0 Å². The molecule has 0 bridgehead atoms. The molecule has 2 amide bonds. The zero-order chi connectivity index (χ0) is 26.2. The second-order valence-electron chi connectivity index (χ2n) is 9.52. The first-order valence-electron chi connectivity index (χ1n) is 12.7. The zero-order valence-electron chi connectivity index (χ0n) is 21.0. The molecule has 1 N–H and O–H groups in total. The Labute approximate surface area is 233 Å². The molecule has 0 aromatic heterocycles. The van der Waals surface area contributed by atoms with Crippen molar-refractivity contribution in [2.75, 3.05) is 5.75 Å². The lowest BCUT2D eigenvalue weighted by atomic mass is 10.0. The lowest BCUT2D eigenvalue weighted by molar-refractivity contribution is -0.139. The molecule has 3 aromatic carbocycles. The van der Waals surface area contributed by atoms with Crippen LogP contribution in [0.25, 0.3) is 0 Å². The summed E-state index contributed by atoms with van der Waals surface area (Å²) >= 11 is 14.5. The number of rotatable bonds is 10. The monoisotopic (exact) mass is 554 g/mol. The quantitative estimate of drug-likeness (QED) is 0.272. The van der Waals surface area contributed by atoms with Gasteiger partial charge in [-0.3, -0.25) is 9.59 Å². The highest BCUT2D eigenvalue weighted by Crippen LogP contribution is 2.28. The average molecular weight is 556 g/mol. The van der Waals surface area contributed by atoms with E-state index in [9.17, 15) is 9.59 Å². The van der Waals surface area contributed by atoms with Crippen molar-refractivity contribution in [2.45, 2.75) is 62.6 Å². The third-order valence-corrected chi connectivity index (χ3v) is 8.45. The minimum absolute atomic E-state index is 0.132. The maximum atomic E-state index is 13.8. The molecule has 1 atom stereocenters. The highest BCUT2D eigenvalue weighted by Gasteiger charge is 2.33. The number of hydrogen-bond acceptors (Lipinski definition) is 3. The maximum Gasteiger partial charge on any atom is 0.243 e. The van der Waals surface area contributed by atoms with Gasteiger partial charge in [0.2, 0.25) is 11.8 Å². The molecule has 1 saturated carbocycles. The average Bonchev–Trinajstić information content (AvgIpc) is 3.40. The lowest BCUT2D eigenvalue weighted by Gasteiger charge is -2.33. The van der Waals surface area contributed by atoms with Gasteiger partial charge in [-0.25, -0.2) is 0 Å². The maximum absolute atomic E-state index is 13.8. The van der Waals surface area contributed by atoms with Crippen molar-refractivity contribution >= 4 is 46.8 Å². The van der Waals surface area contributed by atoms with Crippen LogP contribution in [0.15, 0.2) is 77.7 Å². The molecule has 1 aliphatic rings. The van der Waals surface area contributed by atoms with E-state index in [1.54, 1.807) is 23.1 Å². The highest BCUT2D eigenvalue weighted by molar-refractivity contribution is 8.00. The molecule has 4 rings (SSSR count). The molecule has 194 valence electrons. The van der Waals surface area contributed by atoms with Gasteiger partial charge in [0.1, 0.15) is 6.04 Å². The fourth-order valence-electron chi connectivity index (χ4n) is 4.64. The van der Waals surface area contributed by atoms with Crippen LogP contribution in [0.3, 0.4) is 0 Å². The number of amides is 2. The number of halogens is 2. The zero-order valence-corrected chi connectivity index (χ0v) is 23.3. The number of carbonyl (C=O) groups excluding carboxylic acids is 2. The molecule has 7 heteroatoms. The van der Waals surface area contributed by atoms with Gasteiger partial charge in [-0.1, -0.05) is 90.1 Å². The minimum Gasteiger partial charge on any atom is -0.352 e. The van der Waals surface area contributed by atoms with Gasteiger partial charge in [-0.15, -0.1) is 11.8 Å². The number of nitrogens with one attached hydrogen (secondary N) is 1. The molecule has 0 heterocycles. The second kappa shape index (κ2) is 13.4. The summed E-state index contributed by atoms with van der Waals surface area (Å²) in [6, 6.07) is 22.7. The summed E-state index contributed by atoms with van der Waals surface area (Å²) in [7, 11) is 0. The largest absolute Gasteiger partial charge is 0.352 e. The Hall–Kier alpha value is -2.47. The molecule has 0 aliphatic heterocycles. The van der Waals surface area contributed by atoms with Crippen molar-refractivity contribution in [3.05, 3.63) is 99.5 Å². The second-order valence-corrected chi connectivity index (χ2v) is 11.4. The van der Waals surface area contributed by atoms with E-state index >= 15 is 0 Å². The Bertz CT molecular complexity index is 1180. The molecular weight excluding hydrogens is 523 g/mol. The summed E-state index contributed by atoms with van der Waals surface area (Å²) in [6.45, 7) is 2.19. The van der Waals surface area contributed by atoms with E-state index in [0.717, 1.165) is 41.7 Å². The Morgan fingerprint density at radius 3 is 2.24 bits per heavy atom. The van der Waals surface area contributed by atoms with E-state index in [-0.39, 0.29) is 30.2 Å². The van der Waals surface area contributed by atoms with Crippen molar-refractivity contribution in [1.82, 2.24) is 10.2 Å². The molecule has 1 aliphatic carbocycles. The van der Waals surface area contributed by atoms with Crippen LogP contribution in [-0.2, 0) is 22.6 Å². The molecule has 0 radical (unpaired) electrons. The topological polar surface area (TPSA) is 49.4 Å². The number of nitrogens with zero attached hydrogens (tertiary/aromatic N) is 1. The van der Waals surface area contributed by atoms with Crippen LogP contribution in [0.4, 0.5) is 0 Å². The van der Waals surface area contributed by atoms with Gasteiger partial charge in [0, 0.05) is 39.5 Å². The van der Waals surface area contributed by atoms with Crippen LogP contribution in [0.1, 0.15) is 42.4 Å². The predicted molar refractivity (Wildman–Crippen MR) is 153 cm³/mol. The van der Waals surface area contributed by atoms with Crippen molar-refractivity contribution < 1.29 is 9.59 Å². The van der Waals surface area contributed by atoms with Gasteiger partial charge in [0.05, 0.1) is 5.75 Å². The van der Waals surface area contributed by atoms with Crippen LogP contribution in [0, 0.1) is 6.92 Å². The fourth-order valence-corrected chi connectivity index (χ4v) is 5.94. The number of aryl methyl sites for hydroxylation is 1. The van der Waals surface area contributed by atoms with Crippen LogP contribution >= 0.6 is 35.0 Å². The van der Waals surface area contributed by atoms with Crippen molar-refractivity contribution in [3.63, 3.8) is 0 Å².